The van der Waals surface area contributed by atoms with Gasteiger partial charge in [-0.2, -0.15) is 5.10 Å². The van der Waals surface area contributed by atoms with Crippen molar-refractivity contribution in [2.75, 3.05) is 5.73 Å². The summed E-state index contributed by atoms with van der Waals surface area (Å²) in [6.07, 6.45) is 0. The van der Waals surface area contributed by atoms with Gasteiger partial charge in [-0.15, -0.1) is 0 Å². The molecule has 1 heterocycles. The maximum atomic E-state index is 6.00. The fourth-order valence-electron chi connectivity index (χ4n) is 1.62. The van der Waals surface area contributed by atoms with Crippen molar-refractivity contribution in [1.82, 2.24) is 14.8 Å². The average Bonchev–Trinajstić information content (AvgIpc) is 2.61. The first-order chi connectivity index (χ1) is 7.99. The Hall–Kier alpha value is -1.36. The molecule has 0 radical (unpaired) electrons. The average molecular weight is 295 g/mol. The number of nitrogen functional groups attached to an aromatic ring is 1. The normalized spacial score (nSPS) is 11.1. The van der Waals surface area contributed by atoms with E-state index in [4.69, 9.17) is 5.73 Å². The summed E-state index contributed by atoms with van der Waals surface area (Å²) in [5.74, 6) is 1.95. The molecule has 0 unspecified atom stereocenters. The number of nitrogens with two attached hydrogens (primary N) is 1. The monoisotopic (exact) mass is 294 g/mol. The lowest BCUT2D eigenvalue weighted by Gasteiger charge is -2.04. The van der Waals surface area contributed by atoms with E-state index < -0.39 is 0 Å². The van der Waals surface area contributed by atoms with E-state index in [0.29, 0.717) is 11.6 Å². The van der Waals surface area contributed by atoms with E-state index >= 15 is 0 Å². The van der Waals surface area contributed by atoms with E-state index in [9.17, 15) is 0 Å². The van der Waals surface area contributed by atoms with Gasteiger partial charge in [0.25, 0.3) is 0 Å². The largest absolute Gasteiger partial charge is 0.398 e. The molecule has 0 saturated heterocycles. The second-order valence-electron chi connectivity index (χ2n) is 4.30. The Morgan fingerprint density at radius 3 is 2.59 bits per heavy atom. The lowest BCUT2D eigenvalue weighted by atomic mass is 10.1. The van der Waals surface area contributed by atoms with E-state index in [1.807, 2.05) is 25.2 Å². The molecular weight excluding hydrogens is 280 g/mol. The highest BCUT2D eigenvalue weighted by Crippen LogP contribution is 2.27. The molecule has 0 aliphatic heterocycles. The Balaban J connectivity index is 2.52. The fourth-order valence-corrected chi connectivity index (χ4v) is 2.00. The number of aryl methyl sites for hydroxylation is 1. The molecule has 0 amide bonds. The first-order valence-electron chi connectivity index (χ1n) is 5.45. The number of aromatic nitrogens is 3. The van der Waals surface area contributed by atoms with Crippen LogP contribution in [0.2, 0.25) is 0 Å². The van der Waals surface area contributed by atoms with E-state index in [-0.39, 0.29) is 0 Å². The molecule has 17 heavy (non-hydrogen) atoms. The highest BCUT2D eigenvalue weighted by Gasteiger charge is 2.13. The SMILES string of the molecule is CC(C)c1nc(-c2ccc(Br)cc2N)n(C)n1. The van der Waals surface area contributed by atoms with Gasteiger partial charge in [-0.3, -0.25) is 0 Å². The Bertz CT molecular complexity index is 545. The van der Waals surface area contributed by atoms with Gasteiger partial charge in [-0.05, 0) is 18.2 Å². The molecule has 0 saturated carbocycles. The van der Waals surface area contributed by atoms with Crippen LogP contribution in [0.25, 0.3) is 11.4 Å². The standard InChI is InChI=1S/C12H15BrN4/c1-7(2)11-15-12(17(3)16-11)9-5-4-8(13)6-10(9)14/h4-7H,14H2,1-3H3. The van der Waals surface area contributed by atoms with Crippen LogP contribution >= 0.6 is 15.9 Å². The lowest BCUT2D eigenvalue weighted by Crippen LogP contribution is -1.98. The van der Waals surface area contributed by atoms with Gasteiger partial charge in [0.05, 0.1) is 0 Å². The molecule has 90 valence electrons. The molecule has 2 N–H and O–H groups in total. The van der Waals surface area contributed by atoms with Gasteiger partial charge in [0.1, 0.15) is 0 Å². The van der Waals surface area contributed by atoms with E-state index in [2.05, 4.69) is 39.9 Å². The zero-order valence-electron chi connectivity index (χ0n) is 10.1. The van der Waals surface area contributed by atoms with Gasteiger partial charge in [0.15, 0.2) is 11.6 Å². The summed E-state index contributed by atoms with van der Waals surface area (Å²) in [5, 5.41) is 4.39. The van der Waals surface area contributed by atoms with E-state index in [1.54, 1.807) is 4.68 Å². The van der Waals surface area contributed by atoms with Crippen molar-refractivity contribution >= 4 is 21.6 Å². The second kappa shape index (κ2) is 4.49. The zero-order valence-corrected chi connectivity index (χ0v) is 11.7. The molecule has 5 heteroatoms. The summed E-state index contributed by atoms with van der Waals surface area (Å²) in [5.41, 5.74) is 7.61. The Morgan fingerprint density at radius 2 is 2.06 bits per heavy atom. The van der Waals surface area contributed by atoms with Crippen LogP contribution in [0, 0.1) is 0 Å². The molecule has 1 aromatic carbocycles. The molecule has 1 aromatic heterocycles. The third-order valence-electron chi connectivity index (χ3n) is 2.55. The molecule has 0 aliphatic carbocycles. The van der Waals surface area contributed by atoms with Crippen LogP contribution in [0.5, 0.6) is 0 Å². The molecule has 2 aromatic rings. The number of halogens is 1. The van der Waals surface area contributed by atoms with Gasteiger partial charge in [-0.1, -0.05) is 29.8 Å². The fraction of sp³-hybridized carbons (Fsp3) is 0.333. The zero-order chi connectivity index (χ0) is 12.6. The van der Waals surface area contributed by atoms with Crippen molar-refractivity contribution in [3.63, 3.8) is 0 Å². The minimum absolute atomic E-state index is 0.312. The summed E-state index contributed by atoms with van der Waals surface area (Å²) >= 11 is 3.39. The van der Waals surface area contributed by atoms with Crippen molar-refractivity contribution in [1.29, 1.82) is 0 Å². The van der Waals surface area contributed by atoms with Gasteiger partial charge >= 0.3 is 0 Å². The quantitative estimate of drug-likeness (QED) is 0.867. The van der Waals surface area contributed by atoms with Crippen molar-refractivity contribution < 1.29 is 0 Å². The first kappa shape index (κ1) is 12.1. The van der Waals surface area contributed by atoms with Crippen LogP contribution in [0.15, 0.2) is 22.7 Å². The third-order valence-corrected chi connectivity index (χ3v) is 3.04. The first-order valence-corrected chi connectivity index (χ1v) is 6.24. The molecular formula is C12H15BrN4. The van der Waals surface area contributed by atoms with Crippen LogP contribution in [-0.2, 0) is 7.05 Å². The maximum Gasteiger partial charge on any atom is 0.160 e. The Morgan fingerprint density at radius 1 is 1.35 bits per heavy atom. The number of benzene rings is 1. The van der Waals surface area contributed by atoms with Gasteiger partial charge < -0.3 is 5.73 Å². The Kier molecular flexibility index (Phi) is 3.19. The van der Waals surface area contributed by atoms with E-state index in [0.717, 1.165) is 21.7 Å². The molecule has 0 aliphatic rings. The molecule has 0 bridgehead atoms. The summed E-state index contributed by atoms with van der Waals surface area (Å²) < 4.78 is 2.74. The minimum Gasteiger partial charge on any atom is -0.398 e. The van der Waals surface area contributed by atoms with E-state index in [1.165, 1.54) is 0 Å². The number of anilines is 1. The number of nitrogens with zero attached hydrogens (tertiary/aromatic N) is 3. The molecule has 2 rings (SSSR count). The third kappa shape index (κ3) is 2.34. The molecule has 4 nitrogen and oxygen atoms in total. The van der Waals surface area contributed by atoms with Crippen molar-refractivity contribution in [3.05, 3.63) is 28.5 Å². The van der Waals surface area contributed by atoms with Crippen LogP contribution in [0.3, 0.4) is 0 Å². The van der Waals surface area contributed by atoms with Crippen molar-refractivity contribution in [2.45, 2.75) is 19.8 Å². The van der Waals surface area contributed by atoms with Crippen LogP contribution in [0.4, 0.5) is 5.69 Å². The second-order valence-corrected chi connectivity index (χ2v) is 5.22. The number of hydrogen-bond donors (Lipinski definition) is 1. The summed E-state index contributed by atoms with van der Waals surface area (Å²) in [6.45, 7) is 4.15. The van der Waals surface area contributed by atoms with Crippen LogP contribution < -0.4 is 5.73 Å². The topological polar surface area (TPSA) is 56.7 Å². The Labute approximate surface area is 109 Å². The molecule has 0 spiro atoms. The summed E-state index contributed by atoms with van der Waals surface area (Å²) in [6, 6.07) is 5.78. The predicted octanol–water partition coefficient (Wildman–Crippen LogP) is 2.95. The van der Waals surface area contributed by atoms with Crippen LogP contribution in [0.1, 0.15) is 25.6 Å². The van der Waals surface area contributed by atoms with Crippen molar-refractivity contribution in [3.8, 4) is 11.4 Å². The van der Waals surface area contributed by atoms with Crippen LogP contribution in [-0.4, -0.2) is 14.8 Å². The smallest absolute Gasteiger partial charge is 0.160 e. The molecule has 0 fully saturated rings. The predicted molar refractivity (Wildman–Crippen MR) is 72.6 cm³/mol. The number of rotatable bonds is 2. The lowest BCUT2D eigenvalue weighted by molar-refractivity contribution is 0.712. The molecule has 0 atom stereocenters. The van der Waals surface area contributed by atoms with Gasteiger partial charge in [0.2, 0.25) is 0 Å². The maximum absolute atomic E-state index is 6.00. The summed E-state index contributed by atoms with van der Waals surface area (Å²) in [7, 11) is 1.88. The van der Waals surface area contributed by atoms with Gasteiger partial charge in [-0.25, -0.2) is 9.67 Å². The van der Waals surface area contributed by atoms with Crippen molar-refractivity contribution in [2.24, 2.45) is 7.05 Å². The number of hydrogen-bond acceptors (Lipinski definition) is 3. The highest BCUT2D eigenvalue weighted by molar-refractivity contribution is 9.10. The summed E-state index contributed by atoms with van der Waals surface area (Å²) in [4.78, 5) is 4.53. The van der Waals surface area contributed by atoms with Gasteiger partial charge in [0, 0.05) is 28.7 Å². The minimum atomic E-state index is 0.312. The highest BCUT2D eigenvalue weighted by atomic mass is 79.9.